The first-order valence-electron chi connectivity index (χ1n) is 9.45. The molecule has 27 heavy (non-hydrogen) atoms. The lowest BCUT2D eigenvalue weighted by molar-refractivity contribution is -0.117. The lowest BCUT2D eigenvalue weighted by atomic mass is 9.68. The summed E-state index contributed by atoms with van der Waals surface area (Å²) in [5, 5.41) is 10.5. The minimum Gasteiger partial charge on any atom is -0.308 e. The Morgan fingerprint density at radius 3 is 2.22 bits per heavy atom. The first kappa shape index (κ1) is 16.1. The van der Waals surface area contributed by atoms with E-state index in [1.807, 2.05) is 12.1 Å². The van der Waals surface area contributed by atoms with Gasteiger partial charge in [0.05, 0.1) is 0 Å². The fraction of sp³-hybridized carbons (Fsp3) is 0.217. The molecular weight excluding hydrogens is 334 g/mol. The van der Waals surface area contributed by atoms with Crippen molar-refractivity contribution in [2.45, 2.75) is 24.7 Å². The summed E-state index contributed by atoms with van der Waals surface area (Å²) in [5.74, 6) is 0.895. The van der Waals surface area contributed by atoms with Gasteiger partial charge in [-0.2, -0.15) is 5.10 Å². The Hall–Kier alpha value is -3.14. The molecule has 2 aliphatic carbocycles. The van der Waals surface area contributed by atoms with Crippen molar-refractivity contribution >= 4 is 17.8 Å². The van der Waals surface area contributed by atoms with E-state index in [2.05, 4.69) is 76.2 Å². The number of nitrogens with zero attached hydrogens (tertiary/aromatic N) is 1. The summed E-state index contributed by atoms with van der Waals surface area (Å²) >= 11 is 0. The molecule has 2 aromatic carbocycles. The van der Waals surface area contributed by atoms with Crippen LogP contribution in [0.25, 0.3) is 6.08 Å². The van der Waals surface area contributed by atoms with Gasteiger partial charge in [0.2, 0.25) is 5.91 Å². The molecule has 3 aromatic rings. The molecule has 134 valence electrons. The molecule has 5 rings (SSSR count). The van der Waals surface area contributed by atoms with Crippen LogP contribution in [0, 0.1) is 5.92 Å². The molecule has 0 saturated heterocycles. The molecule has 1 fully saturated rings. The van der Waals surface area contributed by atoms with Gasteiger partial charge in [0, 0.05) is 29.0 Å². The Bertz CT molecular complexity index is 961. The largest absolute Gasteiger partial charge is 0.308 e. The van der Waals surface area contributed by atoms with Crippen LogP contribution in [0.1, 0.15) is 35.2 Å². The third-order valence-corrected chi connectivity index (χ3v) is 5.64. The van der Waals surface area contributed by atoms with Gasteiger partial charge in [-0.3, -0.25) is 9.89 Å². The number of benzene rings is 2. The number of carbonyl (C=O) groups is 1. The number of anilines is 1. The van der Waals surface area contributed by atoms with Crippen LogP contribution < -0.4 is 5.32 Å². The zero-order chi connectivity index (χ0) is 18.3. The van der Waals surface area contributed by atoms with Crippen molar-refractivity contribution in [3.8, 4) is 0 Å². The fourth-order valence-corrected chi connectivity index (χ4v) is 3.96. The minimum atomic E-state index is -0.250. The first-order valence-corrected chi connectivity index (χ1v) is 9.45. The molecule has 0 bridgehead atoms. The van der Waals surface area contributed by atoms with Crippen LogP contribution in [0.4, 0.5) is 5.82 Å². The Morgan fingerprint density at radius 2 is 1.63 bits per heavy atom. The molecular formula is C23H21N3O. The smallest absolute Gasteiger partial charge is 0.228 e. The second-order valence-corrected chi connectivity index (χ2v) is 7.44. The van der Waals surface area contributed by atoms with Gasteiger partial charge in [0.25, 0.3) is 0 Å². The number of hydrogen-bond acceptors (Lipinski definition) is 2. The predicted molar refractivity (Wildman–Crippen MR) is 106 cm³/mol. The maximum Gasteiger partial charge on any atom is 0.228 e. The summed E-state index contributed by atoms with van der Waals surface area (Å²) < 4.78 is 0. The van der Waals surface area contributed by atoms with Crippen molar-refractivity contribution in [2.24, 2.45) is 5.92 Å². The van der Waals surface area contributed by atoms with Gasteiger partial charge < -0.3 is 5.32 Å². The molecule has 1 heterocycles. The van der Waals surface area contributed by atoms with Crippen molar-refractivity contribution in [1.29, 1.82) is 0 Å². The van der Waals surface area contributed by atoms with Gasteiger partial charge >= 0.3 is 0 Å². The highest BCUT2D eigenvalue weighted by Gasteiger charge is 2.37. The van der Waals surface area contributed by atoms with Gasteiger partial charge in [-0.1, -0.05) is 72.8 Å². The lowest BCUT2D eigenvalue weighted by Gasteiger charge is -2.34. The summed E-state index contributed by atoms with van der Waals surface area (Å²) in [5.41, 5.74) is 4.29. The van der Waals surface area contributed by atoms with Gasteiger partial charge in [0.1, 0.15) is 0 Å². The molecule has 1 amide bonds. The van der Waals surface area contributed by atoms with Gasteiger partial charge in [-0.15, -0.1) is 0 Å². The maximum absolute atomic E-state index is 12.1. The monoisotopic (exact) mass is 355 g/mol. The van der Waals surface area contributed by atoms with Crippen LogP contribution in [-0.2, 0) is 16.6 Å². The van der Waals surface area contributed by atoms with E-state index < -0.39 is 0 Å². The summed E-state index contributed by atoms with van der Waals surface area (Å²) in [4.78, 5) is 12.1. The molecule has 1 aromatic heterocycles. The van der Waals surface area contributed by atoms with E-state index in [-0.39, 0.29) is 17.2 Å². The second kappa shape index (κ2) is 6.23. The SMILES string of the molecule is O=C(Nc1n[nH]c2c1C=CC(c1ccccc1)(c1ccccc1)C2)C1CC1. The third kappa shape index (κ3) is 2.78. The number of aromatic amines is 1. The van der Waals surface area contributed by atoms with Crippen LogP contribution >= 0.6 is 0 Å². The van der Waals surface area contributed by atoms with Crippen molar-refractivity contribution in [3.05, 3.63) is 89.1 Å². The number of rotatable bonds is 4. The highest BCUT2D eigenvalue weighted by molar-refractivity contribution is 5.95. The van der Waals surface area contributed by atoms with E-state index in [0.717, 1.165) is 30.5 Å². The molecule has 2 aliphatic rings. The number of allylic oxidation sites excluding steroid dienone is 1. The van der Waals surface area contributed by atoms with Gasteiger partial charge in [-0.05, 0) is 24.0 Å². The Morgan fingerprint density at radius 1 is 1.00 bits per heavy atom. The summed E-state index contributed by atoms with van der Waals surface area (Å²) in [7, 11) is 0. The van der Waals surface area contributed by atoms with Crippen LogP contribution in [0.3, 0.4) is 0 Å². The average molecular weight is 355 g/mol. The molecule has 0 aliphatic heterocycles. The highest BCUT2D eigenvalue weighted by Crippen LogP contribution is 2.42. The van der Waals surface area contributed by atoms with Crippen molar-refractivity contribution in [2.75, 3.05) is 5.32 Å². The van der Waals surface area contributed by atoms with E-state index in [4.69, 9.17) is 0 Å². The number of nitrogens with one attached hydrogen (secondary N) is 2. The summed E-state index contributed by atoms with van der Waals surface area (Å²) in [6.45, 7) is 0. The standard InChI is InChI=1S/C23H21N3O/c27-22(16-11-12-16)24-21-19-13-14-23(15-20(19)25-26-21,17-7-3-1-4-8-17)18-9-5-2-6-10-18/h1-10,13-14,16H,11-12,15H2,(H2,24,25,26,27). The summed E-state index contributed by atoms with van der Waals surface area (Å²) in [6, 6.07) is 21.1. The van der Waals surface area contributed by atoms with E-state index in [1.54, 1.807) is 0 Å². The number of fused-ring (bicyclic) bond motifs is 1. The average Bonchev–Trinajstić information content (AvgIpc) is 3.52. The van der Waals surface area contributed by atoms with Crippen LogP contribution in [0.2, 0.25) is 0 Å². The van der Waals surface area contributed by atoms with Crippen molar-refractivity contribution in [3.63, 3.8) is 0 Å². The van der Waals surface area contributed by atoms with Gasteiger partial charge in [-0.25, -0.2) is 0 Å². The molecule has 2 N–H and O–H groups in total. The maximum atomic E-state index is 12.1. The van der Waals surface area contributed by atoms with E-state index in [9.17, 15) is 4.79 Å². The second-order valence-electron chi connectivity index (χ2n) is 7.44. The zero-order valence-corrected chi connectivity index (χ0v) is 15.0. The third-order valence-electron chi connectivity index (χ3n) is 5.64. The highest BCUT2D eigenvalue weighted by atomic mass is 16.2. The normalized spacial score (nSPS) is 17.3. The zero-order valence-electron chi connectivity index (χ0n) is 15.0. The molecule has 4 heteroatoms. The van der Waals surface area contributed by atoms with E-state index in [0.29, 0.717) is 5.82 Å². The summed E-state index contributed by atoms with van der Waals surface area (Å²) in [6.07, 6.45) is 7.10. The van der Waals surface area contributed by atoms with Crippen LogP contribution in [-0.4, -0.2) is 16.1 Å². The Kier molecular flexibility index (Phi) is 3.71. The molecule has 1 saturated carbocycles. The van der Waals surface area contributed by atoms with Crippen LogP contribution in [0.5, 0.6) is 0 Å². The fourth-order valence-electron chi connectivity index (χ4n) is 3.96. The Labute approximate surface area is 158 Å². The van der Waals surface area contributed by atoms with Gasteiger partial charge in [0.15, 0.2) is 5.82 Å². The molecule has 4 nitrogen and oxygen atoms in total. The number of aromatic nitrogens is 2. The molecule has 0 spiro atoms. The number of H-pyrrole nitrogens is 1. The van der Waals surface area contributed by atoms with E-state index >= 15 is 0 Å². The van der Waals surface area contributed by atoms with E-state index in [1.165, 1.54) is 11.1 Å². The number of carbonyl (C=O) groups excluding carboxylic acids is 1. The number of hydrogen-bond donors (Lipinski definition) is 2. The molecule has 0 radical (unpaired) electrons. The minimum absolute atomic E-state index is 0.0839. The first-order chi connectivity index (χ1) is 13.3. The topological polar surface area (TPSA) is 57.8 Å². The number of amides is 1. The predicted octanol–water partition coefficient (Wildman–Crippen LogP) is 4.31. The lowest BCUT2D eigenvalue weighted by Crippen LogP contribution is -2.30. The quantitative estimate of drug-likeness (QED) is 0.732. The van der Waals surface area contributed by atoms with Crippen molar-refractivity contribution < 1.29 is 4.79 Å². The van der Waals surface area contributed by atoms with Crippen molar-refractivity contribution in [1.82, 2.24) is 10.2 Å². The molecule has 0 atom stereocenters. The Balaban J connectivity index is 1.56. The van der Waals surface area contributed by atoms with Crippen LogP contribution in [0.15, 0.2) is 66.7 Å². The molecule has 0 unspecified atom stereocenters.